The zero-order valence-electron chi connectivity index (χ0n) is 14.0. The molecule has 0 spiro atoms. The van der Waals surface area contributed by atoms with Crippen LogP contribution in [0.5, 0.6) is 0 Å². The number of hydrogen-bond acceptors (Lipinski definition) is 5. The maximum Gasteiger partial charge on any atom is 0.212 e. The molecule has 1 aromatic carbocycles. The van der Waals surface area contributed by atoms with Crippen LogP contribution in [0.15, 0.2) is 66.2 Å². The molecule has 128 valence electrons. The minimum absolute atomic E-state index is 0.476. The molecule has 4 rings (SSSR count). The van der Waals surface area contributed by atoms with Crippen LogP contribution in [0.1, 0.15) is 5.69 Å². The number of pyridine rings is 2. The zero-order valence-corrected chi connectivity index (χ0v) is 14.8. The van der Waals surface area contributed by atoms with Gasteiger partial charge in [-0.1, -0.05) is 30.3 Å². The fourth-order valence-corrected chi connectivity index (χ4v) is 3.29. The summed E-state index contributed by atoms with van der Waals surface area (Å²) in [5.41, 5.74) is 4.74. The van der Waals surface area contributed by atoms with E-state index >= 15 is 0 Å². The first kappa shape index (κ1) is 16.4. The number of aryl methyl sites for hydroxylation is 1. The molecule has 0 atom stereocenters. The third kappa shape index (κ3) is 3.60. The largest absolute Gasteiger partial charge is 0.316 e. The van der Waals surface area contributed by atoms with E-state index in [9.17, 15) is 4.39 Å². The Labute approximate surface area is 154 Å². The average molecular weight is 362 g/mol. The number of thiazole rings is 1. The lowest BCUT2D eigenvalue weighted by Crippen LogP contribution is -1.93. The Morgan fingerprint density at radius 1 is 0.885 bits per heavy atom. The molecule has 6 heteroatoms. The molecule has 0 unspecified atom stereocenters. The van der Waals surface area contributed by atoms with Gasteiger partial charge in [0.1, 0.15) is 5.82 Å². The van der Waals surface area contributed by atoms with Crippen molar-refractivity contribution in [1.29, 1.82) is 0 Å². The lowest BCUT2D eigenvalue weighted by Gasteiger charge is -2.03. The first-order valence-electron chi connectivity index (χ1n) is 8.06. The molecule has 4 nitrogen and oxygen atoms in total. The molecule has 1 N–H and O–H groups in total. The van der Waals surface area contributed by atoms with E-state index in [-0.39, 0.29) is 0 Å². The number of nitrogens with zero attached hydrogens (tertiary/aromatic N) is 3. The van der Waals surface area contributed by atoms with E-state index < -0.39 is 5.95 Å². The minimum atomic E-state index is -0.476. The van der Waals surface area contributed by atoms with Gasteiger partial charge in [-0.2, -0.15) is 4.39 Å². The summed E-state index contributed by atoms with van der Waals surface area (Å²) in [6, 6.07) is 16.9. The van der Waals surface area contributed by atoms with E-state index in [1.807, 2.05) is 54.8 Å². The lowest BCUT2D eigenvalue weighted by atomic mass is 10.0. The average Bonchev–Trinajstić information content (AvgIpc) is 3.11. The molecular weight excluding hydrogens is 347 g/mol. The molecule has 3 aromatic heterocycles. The monoisotopic (exact) mass is 362 g/mol. The van der Waals surface area contributed by atoms with Gasteiger partial charge in [-0.3, -0.25) is 0 Å². The van der Waals surface area contributed by atoms with Gasteiger partial charge in [-0.25, -0.2) is 15.0 Å². The van der Waals surface area contributed by atoms with Gasteiger partial charge >= 0.3 is 0 Å². The van der Waals surface area contributed by atoms with Crippen molar-refractivity contribution in [2.24, 2.45) is 0 Å². The highest BCUT2D eigenvalue weighted by molar-refractivity contribution is 7.14. The van der Waals surface area contributed by atoms with Gasteiger partial charge in [0, 0.05) is 28.4 Å². The van der Waals surface area contributed by atoms with Crippen LogP contribution in [-0.2, 0) is 0 Å². The van der Waals surface area contributed by atoms with Crippen LogP contribution in [0, 0.1) is 12.9 Å². The highest BCUT2D eigenvalue weighted by atomic mass is 32.1. The quantitative estimate of drug-likeness (QED) is 0.490. The number of aromatic nitrogens is 3. The number of nitrogens with one attached hydrogen (secondary N) is 1. The third-order valence-corrected chi connectivity index (χ3v) is 4.63. The highest BCUT2D eigenvalue weighted by Gasteiger charge is 2.07. The van der Waals surface area contributed by atoms with Gasteiger partial charge in [-0.15, -0.1) is 11.3 Å². The summed E-state index contributed by atoms with van der Waals surface area (Å²) >= 11 is 1.53. The Morgan fingerprint density at radius 3 is 2.38 bits per heavy atom. The van der Waals surface area contributed by atoms with Crippen LogP contribution in [0.2, 0.25) is 0 Å². The van der Waals surface area contributed by atoms with E-state index in [1.54, 1.807) is 6.07 Å². The summed E-state index contributed by atoms with van der Waals surface area (Å²) in [7, 11) is 0. The van der Waals surface area contributed by atoms with Crippen LogP contribution in [0.3, 0.4) is 0 Å². The number of benzene rings is 1. The van der Waals surface area contributed by atoms with Gasteiger partial charge < -0.3 is 5.32 Å². The molecule has 0 saturated heterocycles. The number of hydrogen-bond donors (Lipinski definition) is 1. The third-order valence-electron chi connectivity index (χ3n) is 3.87. The summed E-state index contributed by atoms with van der Waals surface area (Å²) in [5, 5.41) is 6.03. The fraction of sp³-hybridized carbons (Fsp3) is 0.0500. The summed E-state index contributed by atoms with van der Waals surface area (Å²) < 4.78 is 12.9. The summed E-state index contributed by atoms with van der Waals surface area (Å²) in [4.78, 5) is 12.7. The summed E-state index contributed by atoms with van der Waals surface area (Å²) in [6.45, 7) is 1.96. The Morgan fingerprint density at radius 2 is 1.65 bits per heavy atom. The first-order valence-corrected chi connectivity index (χ1v) is 8.94. The van der Waals surface area contributed by atoms with Crippen LogP contribution in [0.25, 0.3) is 22.4 Å². The first-order chi connectivity index (χ1) is 12.7. The molecule has 3 heterocycles. The maximum atomic E-state index is 12.9. The number of rotatable bonds is 4. The number of halogens is 1. The second kappa shape index (κ2) is 7.01. The van der Waals surface area contributed by atoms with Crippen molar-refractivity contribution in [2.45, 2.75) is 6.92 Å². The van der Waals surface area contributed by atoms with E-state index in [0.717, 1.165) is 39.0 Å². The minimum Gasteiger partial charge on any atom is -0.316 e. The topological polar surface area (TPSA) is 50.7 Å². The summed E-state index contributed by atoms with van der Waals surface area (Å²) in [5.74, 6) is 0.307. The van der Waals surface area contributed by atoms with Crippen molar-refractivity contribution >= 4 is 22.3 Å². The standard InChI is InChI=1S/C20H15FN4S/c1-13-3-2-4-19(23-13)25-20-24-17(12-26-20)15-7-5-14(6-8-15)16-9-10-18(21)22-11-16/h2-12H,1H3,(H,23,24,25). The molecule has 0 amide bonds. The van der Waals surface area contributed by atoms with Crippen molar-refractivity contribution < 1.29 is 4.39 Å². The van der Waals surface area contributed by atoms with E-state index in [4.69, 9.17) is 0 Å². The van der Waals surface area contributed by atoms with Crippen molar-refractivity contribution in [1.82, 2.24) is 15.0 Å². The second-order valence-electron chi connectivity index (χ2n) is 5.77. The van der Waals surface area contributed by atoms with Crippen molar-refractivity contribution in [3.05, 3.63) is 77.8 Å². The summed E-state index contributed by atoms with van der Waals surface area (Å²) in [6.07, 6.45) is 1.53. The lowest BCUT2D eigenvalue weighted by molar-refractivity contribution is 0.584. The van der Waals surface area contributed by atoms with E-state index in [0.29, 0.717) is 0 Å². The number of anilines is 2. The highest BCUT2D eigenvalue weighted by Crippen LogP contribution is 2.28. The molecule has 0 bridgehead atoms. The molecule has 0 aliphatic carbocycles. The van der Waals surface area contributed by atoms with E-state index in [1.165, 1.54) is 23.6 Å². The zero-order chi connectivity index (χ0) is 17.9. The molecule has 0 radical (unpaired) electrons. The van der Waals surface area contributed by atoms with Crippen molar-refractivity contribution in [3.63, 3.8) is 0 Å². The van der Waals surface area contributed by atoms with Crippen LogP contribution in [0.4, 0.5) is 15.3 Å². The fourth-order valence-electron chi connectivity index (χ4n) is 2.57. The van der Waals surface area contributed by atoms with Crippen LogP contribution < -0.4 is 5.32 Å². The molecule has 0 aliphatic heterocycles. The Kier molecular flexibility index (Phi) is 4.41. The van der Waals surface area contributed by atoms with Crippen LogP contribution >= 0.6 is 11.3 Å². The molecular formula is C20H15FN4S. The molecule has 0 fully saturated rings. The smallest absolute Gasteiger partial charge is 0.212 e. The van der Waals surface area contributed by atoms with Gasteiger partial charge in [0.05, 0.1) is 5.69 Å². The van der Waals surface area contributed by atoms with Gasteiger partial charge in [0.2, 0.25) is 5.95 Å². The van der Waals surface area contributed by atoms with Crippen molar-refractivity contribution in [2.75, 3.05) is 5.32 Å². The van der Waals surface area contributed by atoms with Gasteiger partial charge in [0.25, 0.3) is 0 Å². The predicted octanol–water partition coefficient (Wildman–Crippen LogP) is 5.46. The SMILES string of the molecule is Cc1cccc(Nc2nc(-c3ccc(-c4ccc(F)nc4)cc3)cs2)n1. The van der Waals surface area contributed by atoms with Gasteiger partial charge in [-0.05, 0) is 36.8 Å². The second-order valence-corrected chi connectivity index (χ2v) is 6.63. The Hall–Kier alpha value is -3.12. The van der Waals surface area contributed by atoms with E-state index in [2.05, 4.69) is 20.3 Å². The normalized spacial score (nSPS) is 10.7. The Balaban J connectivity index is 1.53. The van der Waals surface area contributed by atoms with Crippen molar-refractivity contribution in [3.8, 4) is 22.4 Å². The molecule has 26 heavy (non-hydrogen) atoms. The molecule has 0 aliphatic rings. The predicted molar refractivity (Wildman–Crippen MR) is 103 cm³/mol. The maximum absolute atomic E-state index is 12.9. The van der Waals surface area contributed by atoms with Gasteiger partial charge in [0.15, 0.2) is 5.13 Å². The molecule has 0 saturated carbocycles. The Bertz CT molecular complexity index is 1030. The molecule has 4 aromatic rings. The van der Waals surface area contributed by atoms with Crippen LogP contribution in [-0.4, -0.2) is 15.0 Å².